The molecule has 226 valence electrons. The molecule has 1 amide bonds. The Morgan fingerprint density at radius 3 is 2.64 bits per heavy atom. The first-order valence-electron chi connectivity index (χ1n) is 14.1. The molecular weight excluding hydrogens is 573 g/mol. The number of aromatic amines is 1. The van der Waals surface area contributed by atoms with Crippen LogP contribution in [0.4, 0.5) is 18.9 Å². The number of carbonyl (C=O) groups is 1. The topological polar surface area (TPSA) is 105 Å². The van der Waals surface area contributed by atoms with E-state index in [1.165, 1.54) is 24.5 Å². The Morgan fingerprint density at radius 1 is 0.955 bits per heavy atom. The average molecular weight is 603 g/mol. The molecule has 2 aromatic heterocycles. The Balaban J connectivity index is 1.18. The number of aromatic nitrogens is 4. The van der Waals surface area contributed by atoms with E-state index in [1.54, 1.807) is 12.4 Å². The van der Waals surface area contributed by atoms with E-state index in [-0.39, 0.29) is 23.5 Å². The van der Waals surface area contributed by atoms with Crippen LogP contribution < -0.4 is 10.1 Å². The van der Waals surface area contributed by atoms with Gasteiger partial charge in [0, 0.05) is 43.2 Å². The number of halogens is 3. The van der Waals surface area contributed by atoms with Crippen molar-refractivity contribution >= 4 is 22.6 Å². The summed E-state index contributed by atoms with van der Waals surface area (Å²) in [6.45, 7) is 2.19. The van der Waals surface area contributed by atoms with Crippen LogP contribution in [0.1, 0.15) is 22.5 Å². The zero-order chi connectivity index (χ0) is 30.5. The first kappa shape index (κ1) is 29.3. The molecule has 0 unspecified atom stereocenters. The number of rotatable bonds is 4. The van der Waals surface area contributed by atoms with Crippen LogP contribution in [-0.4, -0.2) is 63.7 Å². The van der Waals surface area contributed by atoms with Crippen molar-refractivity contribution in [1.82, 2.24) is 24.8 Å². The van der Waals surface area contributed by atoms with Crippen LogP contribution >= 0.6 is 0 Å². The lowest BCUT2D eigenvalue weighted by Gasteiger charge is -2.23. The zero-order valence-corrected chi connectivity index (χ0v) is 23.6. The first-order chi connectivity index (χ1) is 21.3. The third kappa shape index (κ3) is 7.21. The number of hydrogen-bond donors (Lipinski definition) is 2. The number of fused-ring (bicyclic) bond motifs is 4. The number of imidazole rings is 1. The van der Waals surface area contributed by atoms with Crippen molar-refractivity contribution in [1.29, 1.82) is 0 Å². The molecule has 3 heterocycles. The van der Waals surface area contributed by atoms with Crippen LogP contribution in [-0.2, 0) is 28.7 Å². The summed E-state index contributed by atoms with van der Waals surface area (Å²) in [7, 11) is 0. The van der Waals surface area contributed by atoms with E-state index in [1.807, 2.05) is 29.2 Å². The van der Waals surface area contributed by atoms with Gasteiger partial charge in [-0.05, 0) is 52.6 Å². The second-order valence-corrected chi connectivity index (χ2v) is 10.5. The molecule has 0 saturated carbocycles. The van der Waals surface area contributed by atoms with Crippen molar-refractivity contribution in [2.45, 2.75) is 19.1 Å². The number of amides is 1. The Morgan fingerprint density at radius 2 is 1.80 bits per heavy atom. The smallest absolute Gasteiger partial charge is 0.449 e. The standard InChI is InChI=1S/C32H29F3N6O3/c33-32(34,35)31-39-27-6-5-26(15-28(27)40-31)38-30(42)19-41-8-9-43-10-11-44-29-7-4-23(25-16-36-20-37-17-25)14-24(29)13-21-2-1-3-22(12-21)18-41/h1-7,12,14-17,20H,8-11,13,18-19H2,(H,38,42)(H,39,40). The van der Waals surface area contributed by atoms with Crippen molar-refractivity contribution in [3.63, 3.8) is 0 Å². The summed E-state index contributed by atoms with van der Waals surface area (Å²) in [6.07, 6.45) is 1.10. The van der Waals surface area contributed by atoms with Crippen LogP contribution in [0.3, 0.4) is 0 Å². The SMILES string of the molecule is O=C(CN1CCOCCOc2ccc(-c3cncnc3)cc2Cc2cccc(c2)C1)Nc1ccc2nc(C(F)(F)F)[nH]c2c1. The normalized spacial score (nSPS) is 14.8. The predicted octanol–water partition coefficient (Wildman–Crippen LogP) is 5.48. The molecule has 9 nitrogen and oxygen atoms in total. The maximum atomic E-state index is 13.0. The fraction of sp³-hybridized carbons (Fsp3) is 0.250. The van der Waals surface area contributed by atoms with Gasteiger partial charge in [0.15, 0.2) is 0 Å². The van der Waals surface area contributed by atoms with Gasteiger partial charge in [0.2, 0.25) is 11.7 Å². The molecule has 5 aromatic rings. The van der Waals surface area contributed by atoms with Gasteiger partial charge < -0.3 is 19.8 Å². The van der Waals surface area contributed by atoms with Crippen LogP contribution in [0.15, 0.2) is 79.4 Å². The van der Waals surface area contributed by atoms with Crippen LogP contribution in [0, 0.1) is 0 Å². The van der Waals surface area contributed by atoms with Gasteiger partial charge in [0.1, 0.15) is 18.7 Å². The third-order valence-electron chi connectivity index (χ3n) is 7.18. The average Bonchev–Trinajstić information content (AvgIpc) is 3.44. The molecule has 2 bridgehead atoms. The van der Waals surface area contributed by atoms with E-state index in [0.29, 0.717) is 45.0 Å². The van der Waals surface area contributed by atoms with Gasteiger partial charge in [0.05, 0.1) is 30.8 Å². The highest BCUT2D eigenvalue weighted by atomic mass is 19.4. The van der Waals surface area contributed by atoms with Crippen molar-refractivity contribution in [3.8, 4) is 16.9 Å². The maximum Gasteiger partial charge on any atom is 0.449 e. The zero-order valence-electron chi connectivity index (χ0n) is 23.6. The summed E-state index contributed by atoms with van der Waals surface area (Å²) < 4.78 is 51.0. The minimum Gasteiger partial charge on any atom is -0.491 e. The molecule has 1 aliphatic heterocycles. The number of nitrogens with zero attached hydrogens (tertiary/aromatic N) is 4. The Bertz CT molecular complexity index is 1760. The molecule has 2 N–H and O–H groups in total. The van der Waals surface area contributed by atoms with Gasteiger partial charge in [-0.2, -0.15) is 13.2 Å². The van der Waals surface area contributed by atoms with Crippen molar-refractivity contribution in [3.05, 3.63) is 102 Å². The summed E-state index contributed by atoms with van der Waals surface area (Å²) >= 11 is 0. The lowest BCUT2D eigenvalue weighted by molar-refractivity contribution is -0.144. The van der Waals surface area contributed by atoms with Gasteiger partial charge >= 0.3 is 6.18 Å². The lowest BCUT2D eigenvalue weighted by Crippen LogP contribution is -2.35. The molecule has 0 spiro atoms. The molecule has 3 aromatic carbocycles. The summed E-state index contributed by atoms with van der Waals surface area (Å²) in [5.41, 5.74) is 5.78. The molecule has 0 atom stereocenters. The lowest BCUT2D eigenvalue weighted by atomic mass is 9.98. The van der Waals surface area contributed by atoms with Crippen LogP contribution in [0.5, 0.6) is 5.75 Å². The third-order valence-corrected chi connectivity index (χ3v) is 7.18. The van der Waals surface area contributed by atoms with E-state index >= 15 is 0 Å². The second kappa shape index (κ2) is 12.8. The van der Waals surface area contributed by atoms with Gasteiger partial charge in [-0.3, -0.25) is 9.69 Å². The summed E-state index contributed by atoms with van der Waals surface area (Å²) in [6, 6.07) is 18.7. The van der Waals surface area contributed by atoms with Crippen LogP contribution in [0.25, 0.3) is 22.2 Å². The van der Waals surface area contributed by atoms with E-state index in [2.05, 4.69) is 43.5 Å². The number of H-pyrrole nitrogens is 1. The Labute approximate surface area is 251 Å². The van der Waals surface area contributed by atoms with Gasteiger partial charge in [-0.25, -0.2) is 15.0 Å². The molecule has 1 aliphatic rings. The number of carbonyl (C=O) groups excluding carboxylic acids is 1. The van der Waals surface area contributed by atoms with E-state index in [9.17, 15) is 18.0 Å². The highest BCUT2D eigenvalue weighted by Gasteiger charge is 2.34. The predicted molar refractivity (Wildman–Crippen MR) is 158 cm³/mol. The molecule has 0 saturated heterocycles. The van der Waals surface area contributed by atoms with Crippen LogP contribution in [0.2, 0.25) is 0 Å². The monoisotopic (exact) mass is 602 g/mol. The molecule has 0 radical (unpaired) electrons. The van der Waals surface area contributed by atoms with E-state index in [0.717, 1.165) is 33.6 Å². The summed E-state index contributed by atoms with van der Waals surface area (Å²) in [4.78, 5) is 29.1. The van der Waals surface area contributed by atoms with Crippen molar-refractivity contribution < 1.29 is 27.4 Å². The van der Waals surface area contributed by atoms with Gasteiger partial charge in [0.25, 0.3) is 0 Å². The van der Waals surface area contributed by atoms with Crippen molar-refractivity contribution in [2.75, 3.05) is 38.2 Å². The number of nitrogens with one attached hydrogen (secondary N) is 2. The number of hydrogen-bond acceptors (Lipinski definition) is 7. The molecule has 12 heteroatoms. The first-order valence-corrected chi connectivity index (χ1v) is 14.1. The minimum atomic E-state index is -4.59. The highest BCUT2D eigenvalue weighted by Crippen LogP contribution is 2.30. The van der Waals surface area contributed by atoms with E-state index < -0.39 is 12.0 Å². The van der Waals surface area contributed by atoms with Gasteiger partial charge in [-0.1, -0.05) is 30.3 Å². The number of benzene rings is 3. The number of alkyl halides is 3. The molecule has 44 heavy (non-hydrogen) atoms. The Hall–Kier alpha value is -4.81. The fourth-order valence-corrected chi connectivity index (χ4v) is 5.15. The van der Waals surface area contributed by atoms with Crippen molar-refractivity contribution in [2.24, 2.45) is 0 Å². The maximum absolute atomic E-state index is 13.0. The quantitative estimate of drug-likeness (QED) is 0.281. The molecule has 6 rings (SSSR count). The second-order valence-electron chi connectivity index (χ2n) is 10.5. The molecular formula is C32H29F3N6O3. The molecule has 0 aliphatic carbocycles. The molecule has 0 fully saturated rings. The summed E-state index contributed by atoms with van der Waals surface area (Å²) in [5.74, 6) is -0.589. The highest BCUT2D eigenvalue weighted by molar-refractivity contribution is 5.94. The number of ether oxygens (including phenoxy) is 2. The number of anilines is 1. The fourth-order valence-electron chi connectivity index (χ4n) is 5.15. The van der Waals surface area contributed by atoms with E-state index in [4.69, 9.17) is 9.47 Å². The minimum absolute atomic E-state index is 0.0598. The Kier molecular flexibility index (Phi) is 8.53. The summed E-state index contributed by atoms with van der Waals surface area (Å²) in [5, 5.41) is 2.79. The largest absolute Gasteiger partial charge is 0.491 e. The van der Waals surface area contributed by atoms with Gasteiger partial charge in [-0.15, -0.1) is 0 Å².